The monoisotopic (exact) mass is 550 g/mol. The number of amides is 1. The Balaban J connectivity index is 1.34. The SMILES string of the molecule is CONC(=O)c1ccc2c(ccn2CCC(C)(C)NCC(O)c2cccc(NS(=O)(=O)c3ccccc3)c2)c1. The van der Waals surface area contributed by atoms with Crippen molar-refractivity contribution in [3.63, 3.8) is 0 Å². The zero-order valence-corrected chi connectivity index (χ0v) is 23.0. The van der Waals surface area contributed by atoms with Crippen LogP contribution in [0.25, 0.3) is 10.9 Å². The van der Waals surface area contributed by atoms with Crippen LogP contribution in [-0.2, 0) is 21.4 Å². The van der Waals surface area contributed by atoms with Gasteiger partial charge in [-0.1, -0.05) is 30.3 Å². The first-order valence-electron chi connectivity index (χ1n) is 12.6. The second-order valence-corrected chi connectivity index (χ2v) is 11.7. The van der Waals surface area contributed by atoms with Gasteiger partial charge in [0.15, 0.2) is 0 Å². The number of aliphatic hydroxyl groups excluding tert-OH is 1. The largest absolute Gasteiger partial charge is 0.387 e. The molecular weight excluding hydrogens is 516 g/mol. The van der Waals surface area contributed by atoms with Crippen molar-refractivity contribution >= 4 is 32.5 Å². The van der Waals surface area contributed by atoms with Gasteiger partial charge in [-0.15, -0.1) is 0 Å². The van der Waals surface area contributed by atoms with E-state index in [0.717, 1.165) is 23.9 Å². The van der Waals surface area contributed by atoms with Gasteiger partial charge in [0.1, 0.15) is 0 Å². The number of aliphatic hydroxyl groups is 1. The number of β-amino-alcohol motifs (C(OH)–C–C–N with tert-alkyl or cyclic N) is 1. The fourth-order valence-electron chi connectivity index (χ4n) is 4.29. The maximum absolute atomic E-state index is 12.7. The van der Waals surface area contributed by atoms with E-state index in [1.54, 1.807) is 48.5 Å². The number of nitrogens with one attached hydrogen (secondary N) is 3. The predicted molar refractivity (Wildman–Crippen MR) is 152 cm³/mol. The smallest absolute Gasteiger partial charge is 0.274 e. The first-order chi connectivity index (χ1) is 18.6. The minimum atomic E-state index is -3.72. The number of sulfonamides is 1. The van der Waals surface area contributed by atoms with Gasteiger partial charge in [-0.25, -0.2) is 13.9 Å². The number of carbonyl (C=O) groups is 1. The molecule has 4 aromatic rings. The third-order valence-electron chi connectivity index (χ3n) is 6.56. The lowest BCUT2D eigenvalue weighted by atomic mass is 9.99. The maximum Gasteiger partial charge on any atom is 0.274 e. The number of benzene rings is 3. The quantitative estimate of drug-likeness (QED) is 0.196. The number of carbonyl (C=O) groups excluding carboxylic acids is 1. The van der Waals surface area contributed by atoms with E-state index >= 15 is 0 Å². The van der Waals surface area contributed by atoms with Gasteiger partial charge in [0.05, 0.1) is 18.1 Å². The Labute approximate surface area is 228 Å². The Morgan fingerprint density at radius 3 is 2.54 bits per heavy atom. The zero-order chi connectivity index (χ0) is 28.0. The van der Waals surface area contributed by atoms with Crippen LogP contribution in [0.2, 0.25) is 0 Å². The first-order valence-corrected chi connectivity index (χ1v) is 14.1. The van der Waals surface area contributed by atoms with Crippen molar-refractivity contribution in [1.82, 2.24) is 15.4 Å². The summed E-state index contributed by atoms with van der Waals surface area (Å²) in [7, 11) is -2.32. The fraction of sp³-hybridized carbons (Fsp3) is 0.276. The summed E-state index contributed by atoms with van der Waals surface area (Å²) in [4.78, 5) is 16.9. The van der Waals surface area contributed by atoms with E-state index in [-0.39, 0.29) is 16.3 Å². The van der Waals surface area contributed by atoms with Crippen LogP contribution in [0.1, 0.15) is 42.3 Å². The van der Waals surface area contributed by atoms with E-state index in [1.807, 2.05) is 24.4 Å². The van der Waals surface area contributed by atoms with Gasteiger partial charge in [0.25, 0.3) is 15.9 Å². The van der Waals surface area contributed by atoms with Gasteiger partial charge in [0.2, 0.25) is 0 Å². The molecule has 1 aromatic heterocycles. The average molecular weight is 551 g/mol. The summed E-state index contributed by atoms with van der Waals surface area (Å²) in [5.41, 5.74) is 4.58. The minimum absolute atomic E-state index is 0.173. The topological polar surface area (TPSA) is 122 Å². The number of hydrogen-bond acceptors (Lipinski definition) is 6. The molecule has 0 radical (unpaired) electrons. The van der Waals surface area contributed by atoms with Crippen LogP contribution in [0.15, 0.2) is 90.0 Å². The lowest BCUT2D eigenvalue weighted by molar-refractivity contribution is 0.0538. The highest BCUT2D eigenvalue weighted by atomic mass is 32.2. The number of anilines is 1. The minimum Gasteiger partial charge on any atom is -0.387 e. The number of rotatable bonds is 12. The van der Waals surface area contributed by atoms with E-state index in [0.29, 0.717) is 23.4 Å². The number of aryl methyl sites for hydroxylation is 1. The highest BCUT2D eigenvalue weighted by Crippen LogP contribution is 2.23. The van der Waals surface area contributed by atoms with Crippen LogP contribution < -0.4 is 15.5 Å². The lowest BCUT2D eigenvalue weighted by Gasteiger charge is -2.28. The Kier molecular flexibility index (Phi) is 8.71. The summed E-state index contributed by atoms with van der Waals surface area (Å²) in [6.45, 7) is 5.18. The van der Waals surface area contributed by atoms with Gasteiger partial charge in [-0.2, -0.15) is 0 Å². The maximum atomic E-state index is 12.7. The number of hydrogen-bond donors (Lipinski definition) is 4. The van der Waals surface area contributed by atoms with Crippen molar-refractivity contribution in [3.8, 4) is 0 Å². The summed E-state index contributed by atoms with van der Waals surface area (Å²) in [6.07, 6.45) is 1.96. The van der Waals surface area contributed by atoms with Crippen molar-refractivity contribution < 1.29 is 23.2 Å². The normalized spacial score (nSPS) is 12.8. The number of hydroxylamine groups is 1. The molecule has 0 spiro atoms. The summed E-state index contributed by atoms with van der Waals surface area (Å²) in [5.74, 6) is -0.296. The predicted octanol–water partition coefficient (Wildman–Crippen LogP) is 4.23. The highest BCUT2D eigenvalue weighted by molar-refractivity contribution is 7.92. The second-order valence-electron chi connectivity index (χ2n) is 9.99. The van der Waals surface area contributed by atoms with Crippen molar-refractivity contribution in [2.75, 3.05) is 18.4 Å². The standard InChI is InChI=1S/C29H34N4O5S/c1-29(2,15-17-33-16-14-21-18-23(12-13-26(21)33)28(35)31-38-3)30-20-27(34)22-8-7-9-24(19-22)32-39(36,37)25-10-5-4-6-11-25/h4-14,16,18-19,27,30,32,34H,15,17,20H2,1-3H3,(H,31,35). The van der Waals surface area contributed by atoms with Crippen LogP contribution in [0, 0.1) is 0 Å². The Bertz CT molecular complexity index is 1530. The molecule has 0 aliphatic carbocycles. The van der Waals surface area contributed by atoms with Gasteiger partial charge in [-0.05, 0) is 74.4 Å². The molecule has 1 heterocycles. The third-order valence-corrected chi connectivity index (χ3v) is 7.95. The summed E-state index contributed by atoms with van der Waals surface area (Å²) in [6, 6.07) is 22.4. The van der Waals surface area contributed by atoms with Gasteiger partial charge < -0.3 is 15.0 Å². The molecule has 4 N–H and O–H groups in total. The molecule has 1 unspecified atom stereocenters. The molecule has 1 amide bonds. The molecule has 0 saturated heterocycles. The zero-order valence-electron chi connectivity index (χ0n) is 22.2. The van der Waals surface area contributed by atoms with E-state index < -0.39 is 16.1 Å². The Hall–Kier alpha value is -3.70. The number of fused-ring (bicyclic) bond motifs is 1. The number of nitrogens with zero attached hydrogens (tertiary/aromatic N) is 1. The van der Waals surface area contributed by atoms with Crippen molar-refractivity contribution in [1.29, 1.82) is 0 Å². The van der Waals surface area contributed by atoms with Gasteiger partial charge in [-0.3, -0.25) is 14.4 Å². The molecule has 1 atom stereocenters. The highest BCUT2D eigenvalue weighted by Gasteiger charge is 2.20. The molecule has 39 heavy (non-hydrogen) atoms. The molecule has 10 heteroatoms. The molecule has 0 saturated carbocycles. The van der Waals surface area contributed by atoms with Crippen molar-refractivity contribution in [2.45, 2.75) is 43.4 Å². The van der Waals surface area contributed by atoms with Crippen LogP contribution in [0.4, 0.5) is 5.69 Å². The molecule has 0 bridgehead atoms. The van der Waals surface area contributed by atoms with Gasteiger partial charge >= 0.3 is 0 Å². The van der Waals surface area contributed by atoms with Crippen LogP contribution in [0.5, 0.6) is 0 Å². The van der Waals surface area contributed by atoms with E-state index in [1.165, 1.54) is 19.2 Å². The van der Waals surface area contributed by atoms with E-state index in [4.69, 9.17) is 4.84 Å². The molecule has 9 nitrogen and oxygen atoms in total. The molecule has 4 rings (SSSR count). The van der Waals surface area contributed by atoms with Crippen molar-refractivity contribution in [2.24, 2.45) is 0 Å². The van der Waals surface area contributed by atoms with Crippen molar-refractivity contribution in [3.05, 3.63) is 96.2 Å². The molecule has 0 aliphatic rings. The third kappa shape index (κ3) is 7.24. The van der Waals surface area contributed by atoms with Gasteiger partial charge in [0, 0.05) is 47.0 Å². The van der Waals surface area contributed by atoms with E-state index in [9.17, 15) is 18.3 Å². The summed E-state index contributed by atoms with van der Waals surface area (Å²) >= 11 is 0. The summed E-state index contributed by atoms with van der Waals surface area (Å²) in [5, 5.41) is 15.2. The first kappa shape index (κ1) is 28.3. The molecular formula is C29H34N4O5S. The average Bonchev–Trinajstić information content (AvgIpc) is 3.33. The van der Waals surface area contributed by atoms with Crippen LogP contribution in [0.3, 0.4) is 0 Å². The van der Waals surface area contributed by atoms with Crippen LogP contribution >= 0.6 is 0 Å². The second kappa shape index (κ2) is 12.0. The Morgan fingerprint density at radius 1 is 1.03 bits per heavy atom. The Morgan fingerprint density at radius 2 is 1.79 bits per heavy atom. The number of aromatic nitrogens is 1. The fourth-order valence-corrected chi connectivity index (χ4v) is 5.36. The molecule has 3 aromatic carbocycles. The summed E-state index contributed by atoms with van der Waals surface area (Å²) < 4.78 is 30.0. The van der Waals surface area contributed by atoms with E-state index in [2.05, 4.69) is 33.9 Å². The van der Waals surface area contributed by atoms with Crippen LogP contribution in [-0.4, -0.2) is 43.2 Å². The lowest BCUT2D eigenvalue weighted by Crippen LogP contribution is -2.42. The molecule has 206 valence electrons. The molecule has 0 fully saturated rings. The molecule has 0 aliphatic heterocycles.